The second-order valence-corrected chi connectivity index (χ2v) is 2.73. The lowest BCUT2D eigenvalue weighted by Crippen LogP contribution is -1.84. The second kappa shape index (κ2) is 3.05. The third-order valence-corrected chi connectivity index (χ3v) is 1.82. The third-order valence-electron chi connectivity index (χ3n) is 1.53. The Balaban J connectivity index is 3.31. The highest BCUT2D eigenvalue weighted by atomic mass is 35.5. The van der Waals surface area contributed by atoms with Crippen LogP contribution in [0.4, 0.5) is 4.39 Å². The van der Waals surface area contributed by atoms with Crippen molar-refractivity contribution in [1.29, 1.82) is 0 Å². The maximum atomic E-state index is 12.8. The zero-order valence-corrected chi connectivity index (χ0v) is 6.95. The number of halogens is 2. The topological polar surface area (TPSA) is 0 Å². The Morgan fingerprint density at radius 2 is 2.18 bits per heavy atom. The molecule has 0 radical (unpaired) electrons. The standard InChI is InChI=1S/C9H8ClF/c1-3-7-5-9(11)8(10)4-6(7)2/h3-5H,1H2,2H3. The summed E-state index contributed by atoms with van der Waals surface area (Å²) in [5, 5.41) is 0.160. The Kier molecular flexibility index (Phi) is 2.30. The molecule has 2 heteroatoms. The summed E-state index contributed by atoms with van der Waals surface area (Å²) in [4.78, 5) is 0. The zero-order chi connectivity index (χ0) is 8.43. The van der Waals surface area contributed by atoms with Crippen molar-refractivity contribution in [2.24, 2.45) is 0 Å². The van der Waals surface area contributed by atoms with Crippen LogP contribution in [0.15, 0.2) is 18.7 Å². The Morgan fingerprint density at radius 3 is 2.73 bits per heavy atom. The van der Waals surface area contributed by atoms with Crippen LogP contribution in [0.1, 0.15) is 11.1 Å². The predicted molar refractivity (Wildman–Crippen MR) is 46.2 cm³/mol. The first-order chi connectivity index (χ1) is 5.15. The van der Waals surface area contributed by atoms with E-state index in [2.05, 4.69) is 6.58 Å². The number of aryl methyl sites for hydroxylation is 1. The Bertz CT molecular complexity index is 292. The van der Waals surface area contributed by atoms with Gasteiger partial charge in [-0.15, -0.1) is 0 Å². The number of hydrogen-bond donors (Lipinski definition) is 0. The van der Waals surface area contributed by atoms with Gasteiger partial charge in [0.25, 0.3) is 0 Å². The van der Waals surface area contributed by atoms with Crippen LogP contribution in [0.5, 0.6) is 0 Å². The van der Waals surface area contributed by atoms with Crippen molar-refractivity contribution < 1.29 is 4.39 Å². The largest absolute Gasteiger partial charge is 0.205 e. The average Bonchev–Trinajstić information content (AvgIpc) is 1.97. The minimum atomic E-state index is -0.396. The van der Waals surface area contributed by atoms with Gasteiger partial charge in [-0.2, -0.15) is 0 Å². The molecule has 0 aromatic heterocycles. The maximum Gasteiger partial charge on any atom is 0.142 e. The lowest BCUT2D eigenvalue weighted by atomic mass is 10.1. The van der Waals surface area contributed by atoms with Gasteiger partial charge < -0.3 is 0 Å². The molecule has 0 atom stereocenters. The van der Waals surface area contributed by atoms with Crippen molar-refractivity contribution >= 4 is 17.7 Å². The summed E-state index contributed by atoms with van der Waals surface area (Å²) in [5.41, 5.74) is 1.72. The van der Waals surface area contributed by atoms with E-state index >= 15 is 0 Å². The molecule has 58 valence electrons. The van der Waals surface area contributed by atoms with E-state index in [1.807, 2.05) is 6.92 Å². The summed E-state index contributed by atoms with van der Waals surface area (Å²) in [6.45, 7) is 5.42. The quantitative estimate of drug-likeness (QED) is 0.606. The fourth-order valence-corrected chi connectivity index (χ4v) is 1.10. The molecule has 0 fully saturated rings. The van der Waals surface area contributed by atoms with Crippen LogP contribution in [0.25, 0.3) is 6.08 Å². The summed E-state index contributed by atoms with van der Waals surface area (Å²) < 4.78 is 12.8. The van der Waals surface area contributed by atoms with Crippen molar-refractivity contribution in [2.75, 3.05) is 0 Å². The van der Waals surface area contributed by atoms with Gasteiger partial charge in [-0.25, -0.2) is 4.39 Å². The molecule has 0 unspecified atom stereocenters. The van der Waals surface area contributed by atoms with Crippen molar-refractivity contribution in [3.05, 3.63) is 40.7 Å². The summed E-state index contributed by atoms with van der Waals surface area (Å²) in [6, 6.07) is 2.97. The van der Waals surface area contributed by atoms with E-state index in [1.165, 1.54) is 6.07 Å². The fraction of sp³-hybridized carbons (Fsp3) is 0.111. The molecule has 0 heterocycles. The van der Waals surface area contributed by atoms with Crippen LogP contribution in [-0.4, -0.2) is 0 Å². The molecule has 0 aliphatic carbocycles. The molecule has 1 rings (SSSR count). The molecule has 0 amide bonds. The molecule has 0 saturated carbocycles. The van der Waals surface area contributed by atoms with E-state index in [-0.39, 0.29) is 5.02 Å². The first kappa shape index (κ1) is 8.28. The third kappa shape index (κ3) is 1.60. The number of benzene rings is 1. The minimum Gasteiger partial charge on any atom is -0.205 e. The monoisotopic (exact) mass is 170 g/mol. The van der Waals surface area contributed by atoms with Gasteiger partial charge in [0, 0.05) is 0 Å². The summed E-state index contributed by atoms with van der Waals surface area (Å²) in [7, 11) is 0. The molecule has 0 spiro atoms. The normalized spacial score (nSPS) is 9.73. The van der Waals surface area contributed by atoms with Gasteiger partial charge in [-0.1, -0.05) is 24.3 Å². The van der Waals surface area contributed by atoms with E-state index < -0.39 is 5.82 Å². The smallest absolute Gasteiger partial charge is 0.142 e. The van der Waals surface area contributed by atoms with Gasteiger partial charge in [-0.05, 0) is 30.2 Å². The predicted octanol–water partition coefficient (Wildman–Crippen LogP) is 3.43. The Hall–Kier alpha value is -0.820. The van der Waals surface area contributed by atoms with E-state index in [4.69, 9.17) is 11.6 Å². The van der Waals surface area contributed by atoms with Gasteiger partial charge in [-0.3, -0.25) is 0 Å². The SMILES string of the molecule is C=Cc1cc(F)c(Cl)cc1C. The zero-order valence-electron chi connectivity index (χ0n) is 6.20. The molecule has 0 bridgehead atoms. The van der Waals surface area contributed by atoms with Crippen LogP contribution in [0.2, 0.25) is 5.02 Å². The van der Waals surface area contributed by atoms with Crippen LogP contribution in [0.3, 0.4) is 0 Å². The lowest BCUT2D eigenvalue weighted by Gasteiger charge is -2.00. The van der Waals surface area contributed by atoms with E-state index in [0.29, 0.717) is 0 Å². The lowest BCUT2D eigenvalue weighted by molar-refractivity contribution is 0.627. The van der Waals surface area contributed by atoms with Crippen LogP contribution >= 0.6 is 11.6 Å². The van der Waals surface area contributed by atoms with Gasteiger partial charge in [0.1, 0.15) is 5.82 Å². The molecule has 0 saturated heterocycles. The van der Waals surface area contributed by atoms with Crippen molar-refractivity contribution in [1.82, 2.24) is 0 Å². The molecule has 0 N–H and O–H groups in total. The van der Waals surface area contributed by atoms with E-state index in [9.17, 15) is 4.39 Å². The molecule has 1 aromatic rings. The summed E-state index contributed by atoms with van der Waals surface area (Å²) in [6.07, 6.45) is 1.61. The minimum absolute atomic E-state index is 0.160. The van der Waals surface area contributed by atoms with Gasteiger partial charge in [0.15, 0.2) is 0 Å². The highest BCUT2D eigenvalue weighted by molar-refractivity contribution is 6.30. The highest BCUT2D eigenvalue weighted by Gasteiger charge is 2.01. The molecule has 0 aliphatic rings. The molecule has 0 aliphatic heterocycles. The fourth-order valence-electron chi connectivity index (χ4n) is 0.882. The molecule has 11 heavy (non-hydrogen) atoms. The second-order valence-electron chi connectivity index (χ2n) is 2.33. The highest BCUT2D eigenvalue weighted by Crippen LogP contribution is 2.20. The van der Waals surface area contributed by atoms with Crippen LogP contribution < -0.4 is 0 Å². The molecule has 0 nitrogen and oxygen atoms in total. The molecular weight excluding hydrogens is 163 g/mol. The number of rotatable bonds is 1. The molecular formula is C9H8ClF. The molecule has 1 aromatic carbocycles. The summed E-state index contributed by atoms with van der Waals surface area (Å²) >= 11 is 5.53. The Morgan fingerprint density at radius 1 is 1.55 bits per heavy atom. The van der Waals surface area contributed by atoms with Gasteiger partial charge >= 0.3 is 0 Å². The van der Waals surface area contributed by atoms with E-state index in [1.54, 1.807) is 12.1 Å². The van der Waals surface area contributed by atoms with Crippen LogP contribution in [0, 0.1) is 12.7 Å². The van der Waals surface area contributed by atoms with Gasteiger partial charge in [0.2, 0.25) is 0 Å². The summed E-state index contributed by atoms with van der Waals surface area (Å²) in [5.74, 6) is -0.396. The van der Waals surface area contributed by atoms with E-state index in [0.717, 1.165) is 11.1 Å². The Labute approximate surface area is 70.3 Å². The van der Waals surface area contributed by atoms with Crippen molar-refractivity contribution in [3.8, 4) is 0 Å². The van der Waals surface area contributed by atoms with Crippen molar-refractivity contribution in [2.45, 2.75) is 6.92 Å². The maximum absolute atomic E-state index is 12.8. The first-order valence-corrected chi connectivity index (χ1v) is 3.61. The average molecular weight is 171 g/mol. The van der Waals surface area contributed by atoms with Crippen LogP contribution in [-0.2, 0) is 0 Å². The van der Waals surface area contributed by atoms with Gasteiger partial charge in [0.05, 0.1) is 5.02 Å². The number of hydrogen-bond acceptors (Lipinski definition) is 0. The van der Waals surface area contributed by atoms with Crippen molar-refractivity contribution in [3.63, 3.8) is 0 Å². The first-order valence-electron chi connectivity index (χ1n) is 3.23.